The Bertz CT molecular complexity index is 1390. The summed E-state index contributed by atoms with van der Waals surface area (Å²) in [5.74, 6) is -1.15. The lowest BCUT2D eigenvalue weighted by Gasteiger charge is -2.20. The minimum Gasteiger partial charge on any atom is -0.366 e. The molecule has 4 aromatic carbocycles. The maximum atomic E-state index is 13.1. The molecule has 0 spiro atoms. The summed E-state index contributed by atoms with van der Waals surface area (Å²) in [5, 5.41) is 2.91. The molecule has 0 aliphatic rings. The van der Waals surface area contributed by atoms with Crippen LogP contribution in [0, 0.1) is 6.92 Å². The Morgan fingerprint density at radius 1 is 0.743 bits per heavy atom. The molecular formula is C29H25N3O3. The lowest BCUT2D eigenvalue weighted by atomic mass is 9.98. The quantitative estimate of drug-likeness (QED) is 0.407. The SMILES string of the molecule is Cc1ccc(-c2ccccc2C(=O)Nc2ccc(C(=O)N(C)c3ccccc3C(N)=O)cc2)cc1. The van der Waals surface area contributed by atoms with Gasteiger partial charge in [0, 0.05) is 23.9 Å². The Labute approximate surface area is 204 Å². The van der Waals surface area contributed by atoms with Gasteiger partial charge in [-0.15, -0.1) is 0 Å². The number of hydrogen-bond donors (Lipinski definition) is 2. The van der Waals surface area contributed by atoms with E-state index in [1.54, 1.807) is 61.6 Å². The van der Waals surface area contributed by atoms with E-state index in [-0.39, 0.29) is 17.4 Å². The summed E-state index contributed by atoms with van der Waals surface area (Å²) in [6, 6.07) is 28.7. The van der Waals surface area contributed by atoms with Gasteiger partial charge in [-0.2, -0.15) is 0 Å². The number of nitrogens with one attached hydrogen (secondary N) is 1. The summed E-state index contributed by atoms with van der Waals surface area (Å²) in [6.45, 7) is 2.02. The zero-order valence-corrected chi connectivity index (χ0v) is 19.5. The van der Waals surface area contributed by atoms with Gasteiger partial charge in [0.2, 0.25) is 0 Å². The topological polar surface area (TPSA) is 92.5 Å². The van der Waals surface area contributed by atoms with Gasteiger partial charge in [0.15, 0.2) is 0 Å². The average Bonchev–Trinajstić information content (AvgIpc) is 2.88. The summed E-state index contributed by atoms with van der Waals surface area (Å²) in [4.78, 5) is 39.1. The third-order valence-corrected chi connectivity index (χ3v) is 5.76. The maximum Gasteiger partial charge on any atom is 0.258 e. The van der Waals surface area contributed by atoms with Crippen molar-refractivity contribution in [2.75, 3.05) is 17.3 Å². The van der Waals surface area contributed by atoms with E-state index in [1.165, 1.54) is 4.90 Å². The molecule has 4 rings (SSSR count). The smallest absolute Gasteiger partial charge is 0.258 e. The zero-order valence-electron chi connectivity index (χ0n) is 19.5. The van der Waals surface area contributed by atoms with Crippen molar-refractivity contribution in [1.29, 1.82) is 0 Å². The Morgan fingerprint density at radius 3 is 2.00 bits per heavy atom. The molecule has 0 radical (unpaired) electrons. The molecule has 35 heavy (non-hydrogen) atoms. The molecule has 0 aliphatic heterocycles. The number of hydrogen-bond acceptors (Lipinski definition) is 3. The van der Waals surface area contributed by atoms with Gasteiger partial charge in [0.25, 0.3) is 17.7 Å². The van der Waals surface area contributed by atoms with Crippen LogP contribution in [0.3, 0.4) is 0 Å². The van der Waals surface area contributed by atoms with Crippen molar-refractivity contribution in [3.8, 4) is 11.1 Å². The third kappa shape index (κ3) is 5.12. The predicted molar refractivity (Wildman–Crippen MR) is 139 cm³/mol. The molecule has 4 aromatic rings. The van der Waals surface area contributed by atoms with Gasteiger partial charge >= 0.3 is 0 Å². The van der Waals surface area contributed by atoms with E-state index in [0.29, 0.717) is 22.5 Å². The van der Waals surface area contributed by atoms with Gasteiger partial charge < -0.3 is 16.0 Å². The minimum atomic E-state index is -0.607. The second-order valence-corrected chi connectivity index (χ2v) is 8.19. The number of rotatable bonds is 6. The molecule has 174 valence electrons. The van der Waals surface area contributed by atoms with E-state index in [4.69, 9.17) is 5.73 Å². The molecule has 0 atom stereocenters. The van der Waals surface area contributed by atoms with E-state index in [0.717, 1.165) is 16.7 Å². The van der Waals surface area contributed by atoms with Gasteiger partial charge in [-0.3, -0.25) is 14.4 Å². The minimum absolute atomic E-state index is 0.243. The van der Waals surface area contributed by atoms with Crippen LogP contribution < -0.4 is 16.0 Å². The van der Waals surface area contributed by atoms with Crippen molar-refractivity contribution >= 4 is 29.1 Å². The fraction of sp³-hybridized carbons (Fsp3) is 0.0690. The van der Waals surface area contributed by atoms with Crippen LogP contribution in [0.1, 0.15) is 36.6 Å². The first-order valence-electron chi connectivity index (χ1n) is 11.1. The number of benzene rings is 4. The lowest BCUT2D eigenvalue weighted by molar-refractivity contribution is 0.0990. The van der Waals surface area contributed by atoms with E-state index < -0.39 is 5.91 Å². The number of carbonyl (C=O) groups is 3. The molecule has 0 bridgehead atoms. The molecule has 0 saturated carbocycles. The number of para-hydroxylation sites is 1. The van der Waals surface area contributed by atoms with Crippen molar-refractivity contribution in [1.82, 2.24) is 0 Å². The Balaban J connectivity index is 1.52. The van der Waals surface area contributed by atoms with Crippen LogP contribution in [0.4, 0.5) is 11.4 Å². The van der Waals surface area contributed by atoms with Crippen molar-refractivity contribution in [3.63, 3.8) is 0 Å². The molecule has 3 amide bonds. The summed E-state index contributed by atoms with van der Waals surface area (Å²) < 4.78 is 0. The molecule has 0 saturated heterocycles. The van der Waals surface area contributed by atoms with Crippen LogP contribution in [-0.2, 0) is 0 Å². The lowest BCUT2D eigenvalue weighted by Crippen LogP contribution is -2.28. The number of nitrogens with two attached hydrogens (primary N) is 1. The molecule has 6 nitrogen and oxygen atoms in total. The van der Waals surface area contributed by atoms with Gasteiger partial charge in [0.05, 0.1) is 11.3 Å². The predicted octanol–water partition coefficient (Wildman–Crippen LogP) is 5.29. The Kier molecular flexibility index (Phi) is 6.73. The maximum absolute atomic E-state index is 13.1. The second-order valence-electron chi connectivity index (χ2n) is 8.19. The molecular weight excluding hydrogens is 438 g/mol. The van der Waals surface area contributed by atoms with Crippen LogP contribution in [0.25, 0.3) is 11.1 Å². The fourth-order valence-electron chi connectivity index (χ4n) is 3.84. The highest BCUT2D eigenvalue weighted by atomic mass is 16.2. The summed E-state index contributed by atoms with van der Waals surface area (Å²) in [5.41, 5.74) is 10.6. The largest absolute Gasteiger partial charge is 0.366 e. The summed E-state index contributed by atoms with van der Waals surface area (Å²) >= 11 is 0. The molecule has 6 heteroatoms. The molecule has 0 heterocycles. The van der Waals surface area contributed by atoms with Crippen LogP contribution in [0.5, 0.6) is 0 Å². The average molecular weight is 464 g/mol. The number of aryl methyl sites for hydroxylation is 1. The molecule has 0 aromatic heterocycles. The van der Waals surface area contributed by atoms with Gasteiger partial charge in [-0.1, -0.05) is 60.2 Å². The van der Waals surface area contributed by atoms with Crippen molar-refractivity contribution in [3.05, 3.63) is 119 Å². The Hall–Kier alpha value is -4.71. The highest BCUT2D eigenvalue weighted by molar-refractivity contribution is 6.11. The number of nitrogens with zero attached hydrogens (tertiary/aromatic N) is 1. The van der Waals surface area contributed by atoms with Gasteiger partial charge in [-0.25, -0.2) is 0 Å². The van der Waals surface area contributed by atoms with E-state index in [2.05, 4.69) is 5.32 Å². The van der Waals surface area contributed by atoms with E-state index in [9.17, 15) is 14.4 Å². The molecule has 0 aliphatic carbocycles. The zero-order chi connectivity index (χ0) is 24.9. The third-order valence-electron chi connectivity index (χ3n) is 5.76. The standard InChI is InChI=1S/C29H25N3O3/c1-19-11-13-20(14-12-19)23-7-3-4-8-24(23)28(34)31-22-17-15-21(16-18-22)29(35)32(2)26-10-6-5-9-25(26)27(30)33/h3-18H,1-2H3,(H2,30,33)(H,31,34). The molecule has 0 unspecified atom stereocenters. The van der Waals surface area contributed by atoms with Crippen LogP contribution in [0.15, 0.2) is 97.1 Å². The Morgan fingerprint density at radius 2 is 1.34 bits per heavy atom. The highest BCUT2D eigenvalue weighted by Gasteiger charge is 2.19. The first-order valence-corrected chi connectivity index (χ1v) is 11.1. The number of amides is 3. The van der Waals surface area contributed by atoms with Crippen LogP contribution >= 0.6 is 0 Å². The monoisotopic (exact) mass is 463 g/mol. The van der Waals surface area contributed by atoms with Crippen molar-refractivity contribution < 1.29 is 14.4 Å². The van der Waals surface area contributed by atoms with E-state index >= 15 is 0 Å². The number of primary amides is 1. The first-order chi connectivity index (χ1) is 16.8. The van der Waals surface area contributed by atoms with Crippen LogP contribution in [-0.4, -0.2) is 24.8 Å². The molecule has 0 fully saturated rings. The summed E-state index contributed by atoms with van der Waals surface area (Å²) in [7, 11) is 1.59. The number of anilines is 2. The second kappa shape index (κ2) is 10.1. The first kappa shape index (κ1) is 23.4. The van der Waals surface area contributed by atoms with Crippen molar-refractivity contribution in [2.45, 2.75) is 6.92 Å². The van der Waals surface area contributed by atoms with Crippen LogP contribution in [0.2, 0.25) is 0 Å². The normalized spacial score (nSPS) is 10.5. The van der Waals surface area contributed by atoms with Gasteiger partial charge in [-0.05, 0) is 60.5 Å². The summed E-state index contributed by atoms with van der Waals surface area (Å²) in [6.07, 6.45) is 0. The van der Waals surface area contributed by atoms with Gasteiger partial charge in [0.1, 0.15) is 0 Å². The van der Waals surface area contributed by atoms with Crippen molar-refractivity contribution in [2.24, 2.45) is 5.73 Å². The fourth-order valence-corrected chi connectivity index (χ4v) is 3.84. The van der Waals surface area contributed by atoms with E-state index in [1.807, 2.05) is 49.4 Å². The number of carbonyl (C=O) groups excluding carboxylic acids is 3. The molecule has 3 N–H and O–H groups in total. The highest BCUT2D eigenvalue weighted by Crippen LogP contribution is 2.26.